The maximum atomic E-state index is 12.4. The number of ether oxygens (including phenoxy) is 2. The number of hydrogen-bond acceptors (Lipinski definition) is 7. The molecule has 3 aromatic rings. The number of methoxy groups -OCH3 is 1. The van der Waals surface area contributed by atoms with E-state index in [-0.39, 0.29) is 5.97 Å². The van der Waals surface area contributed by atoms with Gasteiger partial charge in [0.15, 0.2) is 0 Å². The fourth-order valence-electron chi connectivity index (χ4n) is 2.66. The molecule has 142 valence electrons. The number of hydrogen-bond donors (Lipinski definition) is 0. The Morgan fingerprint density at radius 1 is 1.22 bits per heavy atom. The maximum Gasteiger partial charge on any atom is 0.322 e. The third kappa shape index (κ3) is 4.09. The standard InChI is InChI=1S/C20H22N2O3S2/c1-6-25-19(23)20(3,4)27-18-16-15(11-26-17(16)21-12(2)22-18)13-7-9-14(24-5)10-8-13/h7-11H,6H2,1-5H3. The van der Waals surface area contributed by atoms with Gasteiger partial charge in [0, 0.05) is 10.9 Å². The summed E-state index contributed by atoms with van der Waals surface area (Å²) in [6.07, 6.45) is 0. The molecule has 2 aromatic heterocycles. The van der Waals surface area contributed by atoms with Crippen molar-refractivity contribution in [3.63, 3.8) is 0 Å². The van der Waals surface area contributed by atoms with Gasteiger partial charge in [-0.15, -0.1) is 11.3 Å². The molecule has 0 aliphatic heterocycles. The second kappa shape index (κ2) is 7.86. The molecule has 0 fully saturated rings. The van der Waals surface area contributed by atoms with Gasteiger partial charge in [0.1, 0.15) is 26.2 Å². The fraction of sp³-hybridized carbons (Fsp3) is 0.350. The number of aryl methyl sites for hydroxylation is 1. The average molecular weight is 403 g/mol. The van der Waals surface area contributed by atoms with Gasteiger partial charge in [-0.2, -0.15) is 0 Å². The number of thiophene rings is 1. The second-order valence-corrected chi connectivity index (χ2v) is 8.94. The molecule has 0 aliphatic carbocycles. The minimum Gasteiger partial charge on any atom is -0.497 e. The molecular formula is C20H22N2O3S2. The third-order valence-corrected chi connectivity index (χ3v) is 6.07. The molecule has 0 aliphatic rings. The molecule has 0 unspecified atom stereocenters. The predicted octanol–water partition coefficient (Wildman–Crippen LogP) is 5.11. The summed E-state index contributed by atoms with van der Waals surface area (Å²) in [6.45, 7) is 7.76. The van der Waals surface area contributed by atoms with Gasteiger partial charge in [0.2, 0.25) is 0 Å². The lowest BCUT2D eigenvalue weighted by molar-refractivity contribution is -0.145. The summed E-state index contributed by atoms with van der Waals surface area (Å²) in [5.41, 5.74) is 2.12. The second-order valence-electron chi connectivity index (χ2n) is 6.47. The summed E-state index contributed by atoms with van der Waals surface area (Å²) in [5.74, 6) is 1.25. The number of benzene rings is 1. The summed E-state index contributed by atoms with van der Waals surface area (Å²) in [6, 6.07) is 7.91. The normalized spacial score (nSPS) is 11.6. The number of rotatable bonds is 6. The van der Waals surface area contributed by atoms with E-state index < -0.39 is 4.75 Å². The van der Waals surface area contributed by atoms with Crippen LogP contribution >= 0.6 is 23.1 Å². The molecule has 2 heterocycles. The Balaban J connectivity index is 2.09. The number of carbonyl (C=O) groups excluding carboxylic acids is 1. The van der Waals surface area contributed by atoms with Crippen molar-refractivity contribution in [1.82, 2.24) is 9.97 Å². The summed E-state index contributed by atoms with van der Waals surface area (Å²) in [4.78, 5) is 22.5. The van der Waals surface area contributed by atoms with Crippen molar-refractivity contribution >= 4 is 39.3 Å². The first kappa shape index (κ1) is 19.6. The van der Waals surface area contributed by atoms with E-state index in [2.05, 4.69) is 15.3 Å². The lowest BCUT2D eigenvalue weighted by atomic mass is 10.1. The van der Waals surface area contributed by atoms with Gasteiger partial charge < -0.3 is 9.47 Å². The third-order valence-electron chi connectivity index (χ3n) is 4.03. The Kier molecular flexibility index (Phi) is 5.72. The van der Waals surface area contributed by atoms with Gasteiger partial charge in [-0.1, -0.05) is 23.9 Å². The number of fused-ring (bicyclic) bond motifs is 1. The van der Waals surface area contributed by atoms with E-state index in [4.69, 9.17) is 9.47 Å². The molecule has 0 saturated carbocycles. The molecule has 0 amide bonds. The van der Waals surface area contributed by atoms with Crippen LogP contribution in [0, 0.1) is 6.92 Å². The lowest BCUT2D eigenvalue weighted by Crippen LogP contribution is -2.30. The molecule has 0 atom stereocenters. The van der Waals surface area contributed by atoms with Gasteiger partial charge in [0.25, 0.3) is 0 Å². The highest BCUT2D eigenvalue weighted by Gasteiger charge is 2.32. The van der Waals surface area contributed by atoms with Crippen LogP contribution in [0.4, 0.5) is 0 Å². The van der Waals surface area contributed by atoms with Gasteiger partial charge in [-0.3, -0.25) is 4.79 Å². The first-order valence-electron chi connectivity index (χ1n) is 8.62. The number of carbonyl (C=O) groups is 1. The molecule has 3 rings (SSSR count). The highest BCUT2D eigenvalue weighted by Crippen LogP contribution is 2.42. The Labute approximate surface area is 167 Å². The summed E-state index contributed by atoms with van der Waals surface area (Å²) >= 11 is 2.99. The molecule has 1 aromatic carbocycles. The smallest absolute Gasteiger partial charge is 0.322 e. The largest absolute Gasteiger partial charge is 0.497 e. The molecule has 5 nitrogen and oxygen atoms in total. The maximum absolute atomic E-state index is 12.4. The summed E-state index contributed by atoms with van der Waals surface area (Å²) < 4.78 is 9.73. The van der Waals surface area contributed by atoms with Crippen molar-refractivity contribution in [2.45, 2.75) is 37.5 Å². The summed E-state index contributed by atoms with van der Waals surface area (Å²) in [7, 11) is 1.65. The zero-order chi connectivity index (χ0) is 19.6. The van der Waals surface area contributed by atoms with Crippen LogP contribution in [0.5, 0.6) is 5.75 Å². The summed E-state index contributed by atoms with van der Waals surface area (Å²) in [5, 5.41) is 3.85. The minimum atomic E-state index is -0.747. The van der Waals surface area contributed by atoms with Crippen LogP contribution in [0.1, 0.15) is 26.6 Å². The van der Waals surface area contributed by atoms with Crippen molar-refractivity contribution in [3.05, 3.63) is 35.5 Å². The van der Waals surface area contributed by atoms with Crippen molar-refractivity contribution in [2.24, 2.45) is 0 Å². The van der Waals surface area contributed by atoms with Crippen LogP contribution in [-0.2, 0) is 9.53 Å². The Bertz CT molecular complexity index is 965. The molecule has 27 heavy (non-hydrogen) atoms. The van der Waals surface area contributed by atoms with E-state index in [1.807, 2.05) is 52.0 Å². The van der Waals surface area contributed by atoms with Gasteiger partial charge in [-0.25, -0.2) is 9.97 Å². The van der Waals surface area contributed by atoms with E-state index in [1.54, 1.807) is 18.4 Å². The Morgan fingerprint density at radius 3 is 2.56 bits per heavy atom. The van der Waals surface area contributed by atoms with Crippen LogP contribution in [0.2, 0.25) is 0 Å². The SMILES string of the molecule is CCOC(=O)C(C)(C)Sc1nc(C)nc2scc(-c3ccc(OC)cc3)c12. The molecule has 0 bridgehead atoms. The first-order chi connectivity index (χ1) is 12.9. The van der Waals surface area contributed by atoms with E-state index in [1.165, 1.54) is 11.8 Å². The highest BCUT2D eigenvalue weighted by molar-refractivity contribution is 8.01. The van der Waals surface area contributed by atoms with Gasteiger partial charge in [0.05, 0.1) is 19.1 Å². The van der Waals surface area contributed by atoms with Crippen molar-refractivity contribution in [2.75, 3.05) is 13.7 Å². The highest BCUT2D eigenvalue weighted by atomic mass is 32.2. The van der Waals surface area contributed by atoms with Crippen LogP contribution in [0.15, 0.2) is 34.7 Å². The lowest BCUT2D eigenvalue weighted by Gasteiger charge is -2.21. The van der Waals surface area contributed by atoms with Crippen LogP contribution < -0.4 is 4.74 Å². The van der Waals surface area contributed by atoms with Crippen molar-refractivity contribution in [1.29, 1.82) is 0 Å². The monoisotopic (exact) mass is 402 g/mol. The van der Waals surface area contributed by atoms with E-state index >= 15 is 0 Å². The molecule has 0 N–H and O–H groups in total. The minimum absolute atomic E-state index is 0.249. The number of aromatic nitrogens is 2. The molecule has 0 radical (unpaired) electrons. The molecule has 0 spiro atoms. The first-order valence-corrected chi connectivity index (χ1v) is 10.3. The van der Waals surface area contributed by atoms with E-state index in [0.29, 0.717) is 12.4 Å². The number of thioether (sulfide) groups is 1. The van der Waals surface area contributed by atoms with Gasteiger partial charge >= 0.3 is 5.97 Å². The van der Waals surface area contributed by atoms with Crippen molar-refractivity contribution in [3.8, 4) is 16.9 Å². The van der Waals surface area contributed by atoms with Gasteiger partial charge in [-0.05, 0) is 45.4 Å². The number of esters is 1. The van der Waals surface area contributed by atoms with Crippen LogP contribution in [-0.4, -0.2) is 34.4 Å². The molecule has 7 heteroatoms. The Morgan fingerprint density at radius 2 is 1.93 bits per heavy atom. The van der Waals surface area contributed by atoms with Crippen LogP contribution in [0.25, 0.3) is 21.3 Å². The molecule has 0 saturated heterocycles. The van der Waals surface area contributed by atoms with Crippen molar-refractivity contribution < 1.29 is 14.3 Å². The zero-order valence-electron chi connectivity index (χ0n) is 16.0. The van der Waals surface area contributed by atoms with Crippen LogP contribution in [0.3, 0.4) is 0 Å². The molecular weight excluding hydrogens is 380 g/mol. The average Bonchev–Trinajstić information content (AvgIpc) is 3.05. The quantitative estimate of drug-likeness (QED) is 0.324. The predicted molar refractivity (Wildman–Crippen MR) is 111 cm³/mol. The Hall–Kier alpha value is -2.12. The van der Waals surface area contributed by atoms with E-state index in [9.17, 15) is 4.79 Å². The zero-order valence-corrected chi connectivity index (χ0v) is 17.7. The fourth-order valence-corrected chi connectivity index (χ4v) is 4.83. The topological polar surface area (TPSA) is 61.3 Å². The van der Waals surface area contributed by atoms with E-state index in [0.717, 1.165) is 32.1 Å². The number of nitrogens with zero attached hydrogens (tertiary/aromatic N) is 2.